The van der Waals surface area contributed by atoms with E-state index in [4.69, 9.17) is 0 Å². The molecule has 0 fully saturated rings. The summed E-state index contributed by atoms with van der Waals surface area (Å²) < 4.78 is 0. The molecule has 2 heterocycles. The SMILES string of the molecule is CC(C)(C)c1ccc(N(c2ccc3c(c2)C=CCC3)c2cc3c4c(c2)C(C)(C)c2cc(N(c5ccc(C(C)(C)C)cc5)c5ccc6ccccc6c5)ccc2N4c2ccccc2C3(C)C)cc1. The highest BCUT2D eigenvalue weighted by molar-refractivity contribution is 5.97. The number of para-hydroxylation sites is 1. The molecule has 0 aromatic heterocycles. The van der Waals surface area contributed by atoms with Crippen LogP contribution >= 0.6 is 0 Å². The summed E-state index contributed by atoms with van der Waals surface area (Å²) in [6, 6.07) is 62.5. The summed E-state index contributed by atoms with van der Waals surface area (Å²) in [6.07, 6.45) is 6.81. The maximum atomic E-state index is 2.59. The normalized spacial score (nSPS) is 15.3. The first-order valence-corrected chi connectivity index (χ1v) is 24.3. The van der Waals surface area contributed by atoms with E-state index >= 15 is 0 Å². The highest BCUT2D eigenvalue weighted by atomic mass is 15.2. The maximum Gasteiger partial charge on any atom is 0.0545 e. The number of hydrogen-bond donors (Lipinski definition) is 0. The van der Waals surface area contributed by atoms with Crippen molar-refractivity contribution in [3.8, 4) is 0 Å². The van der Waals surface area contributed by atoms with Crippen LogP contribution in [0.4, 0.5) is 51.2 Å². The summed E-state index contributed by atoms with van der Waals surface area (Å²) in [6.45, 7) is 23.5. The molecule has 0 unspecified atom stereocenters. The van der Waals surface area contributed by atoms with Crippen molar-refractivity contribution in [3.05, 3.63) is 214 Å². The highest BCUT2D eigenvalue weighted by Gasteiger charge is 2.46. The Balaban J connectivity index is 1.14. The van der Waals surface area contributed by atoms with Crippen LogP contribution < -0.4 is 14.7 Å². The molecule has 0 N–H and O–H groups in total. The third-order valence-electron chi connectivity index (χ3n) is 15.1. The molecule has 8 aromatic carbocycles. The van der Waals surface area contributed by atoms with Crippen LogP contribution in [0.25, 0.3) is 16.8 Å². The molecular weight excluding hydrogens is 811 g/mol. The first-order chi connectivity index (χ1) is 32.0. The molecule has 8 aromatic rings. The van der Waals surface area contributed by atoms with Crippen molar-refractivity contribution >= 4 is 68.0 Å². The van der Waals surface area contributed by atoms with E-state index in [2.05, 4.69) is 260 Å². The van der Waals surface area contributed by atoms with Gasteiger partial charge in [0.2, 0.25) is 0 Å². The molecule has 1 aliphatic carbocycles. The van der Waals surface area contributed by atoms with Gasteiger partial charge in [-0.05, 0) is 164 Å². The lowest BCUT2D eigenvalue weighted by Crippen LogP contribution is -2.38. The van der Waals surface area contributed by atoms with Gasteiger partial charge in [0.05, 0.1) is 17.1 Å². The number of nitrogens with zero attached hydrogens (tertiary/aromatic N) is 3. The molecule has 334 valence electrons. The van der Waals surface area contributed by atoms with E-state index in [1.54, 1.807) is 0 Å². The van der Waals surface area contributed by atoms with Crippen molar-refractivity contribution in [2.75, 3.05) is 14.7 Å². The summed E-state index contributed by atoms with van der Waals surface area (Å²) in [5.41, 5.74) is 20.8. The van der Waals surface area contributed by atoms with Crippen molar-refractivity contribution in [2.45, 2.75) is 104 Å². The zero-order chi connectivity index (χ0) is 46.6. The van der Waals surface area contributed by atoms with Gasteiger partial charge in [0.15, 0.2) is 0 Å². The molecule has 3 nitrogen and oxygen atoms in total. The average Bonchev–Trinajstić information content (AvgIpc) is 3.31. The lowest BCUT2D eigenvalue weighted by atomic mass is 9.66. The first kappa shape index (κ1) is 42.8. The van der Waals surface area contributed by atoms with Gasteiger partial charge in [0.1, 0.15) is 0 Å². The zero-order valence-corrected chi connectivity index (χ0v) is 41.0. The Morgan fingerprint density at radius 3 is 1.58 bits per heavy atom. The van der Waals surface area contributed by atoms with Crippen molar-refractivity contribution in [1.29, 1.82) is 0 Å². The van der Waals surface area contributed by atoms with Gasteiger partial charge < -0.3 is 14.7 Å². The van der Waals surface area contributed by atoms with Crippen molar-refractivity contribution in [2.24, 2.45) is 0 Å². The molecule has 0 bridgehead atoms. The Kier molecular flexibility index (Phi) is 9.80. The van der Waals surface area contributed by atoms with Gasteiger partial charge in [-0.3, -0.25) is 0 Å². The van der Waals surface area contributed by atoms with Gasteiger partial charge >= 0.3 is 0 Å². The summed E-state index contributed by atoms with van der Waals surface area (Å²) in [5.74, 6) is 0. The Morgan fingerprint density at radius 1 is 0.433 bits per heavy atom. The van der Waals surface area contributed by atoms with Crippen LogP contribution in [0.5, 0.6) is 0 Å². The van der Waals surface area contributed by atoms with Crippen molar-refractivity contribution in [3.63, 3.8) is 0 Å². The van der Waals surface area contributed by atoms with Crippen LogP contribution in [-0.2, 0) is 28.1 Å². The zero-order valence-electron chi connectivity index (χ0n) is 41.0. The highest BCUT2D eigenvalue weighted by Crippen LogP contribution is 2.62. The summed E-state index contributed by atoms with van der Waals surface area (Å²) >= 11 is 0. The number of anilines is 9. The van der Waals surface area contributed by atoms with Gasteiger partial charge in [-0.25, -0.2) is 0 Å². The first-order valence-electron chi connectivity index (χ1n) is 24.3. The second kappa shape index (κ2) is 15.4. The third-order valence-corrected chi connectivity index (χ3v) is 15.1. The quantitative estimate of drug-likeness (QED) is 0.165. The monoisotopic (exact) mass is 874 g/mol. The predicted molar refractivity (Wildman–Crippen MR) is 287 cm³/mol. The minimum absolute atomic E-state index is 0.0485. The Morgan fingerprint density at radius 2 is 0.925 bits per heavy atom. The fourth-order valence-electron chi connectivity index (χ4n) is 11.1. The van der Waals surface area contributed by atoms with E-state index in [9.17, 15) is 0 Å². The maximum absolute atomic E-state index is 2.59. The standard InChI is InChI=1S/C64H63N3/c1-61(2,3)46-25-31-48(32-26-46)65(50-29-23-42-17-11-13-19-44(42)37-50)52-35-36-59-55(39-52)64(9,10)57-41-53(40-56-60(57)67(59)58-22-16-15-21-54(58)63(56,7)8)66(49-33-27-47(28-34-49)62(4,5)6)51-30-24-43-18-12-14-20-45(43)38-51/h11,13-17,19-41H,12,18H2,1-10H3. The molecule has 3 aliphatic rings. The topological polar surface area (TPSA) is 9.72 Å². The largest absolute Gasteiger partial charge is 0.310 e. The van der Waals surface area contributed by atoms with E-state index in [0.29, 0.717) is 0 Å². The van der Waals surface area contributed by atoms with Crippen LogP contribution in [0.2, 0.25) is 0 Å². The van der Waals surface area contributed by atoms with Crippen LogP contribution in [0.1, 0.15) is 120 Å². The van der Waals surface area contributed by atoms with E-state index in [1.165, 1.54) is 83.7 Å². The molecule has 3 heteroatoms. The van der Waals surface area contributed by atoms with E-state index in [0.717, 1.165) is 35.6 Å². The average molecular weight is 874 g/mol. The number of allylic oxidation sites excluding steroid dienone is 1. The molecule has 0 saturated heterocycles. The lowest BCUT2D eigenvalue weighted by molar-refractivity contribution is 0.590. The number of benzene rings is 8. The molecule has 2 aliphatic heterocycles. The minimum Gasteiger partial charge on any atom is -0.310 e. The van der Waals surface area contributed by atoms with Crippen LogP contribution in [0.3, 0.4) is 0 Å². The Hall–Kier alpha value is -6.84. The molecular formula is C64H63N3. The summed E-state index contributed by atoms with van der Waals surface area (Å²) in [7, 11) is 0. The van der Waals surface area contributed by atoms with E-state index < -0.39 is 0 Å². The number of rotatable bonds is 6. The third kappa shape index (κ3) is 7.09. The van der Waals surface area contributed by atoms with Crippen molar-refractivity contribution < 1.29 is 0 Å². The van der Waals surface area contributed by atoms with Crippen molar-refractivity contribution in [1.82, 2.24) is 0 Å². The summed E-state index contributed by atoms with van der Waals surface area (Å²) in [4.78, 5) is 7.55. The smallest absolute Gasteiger partial charge is 0.0545 e. The van der Waals surface area contributed by atoms with E-state index in [1.807, 2.05) is 0 Å². The molecule has 67 heavy (non-hydrogen) atoms. The second-order valence-electron chi connectivity index (χ2n) is 22.3. The molecule has 0 saturated carbocycles. The second-order valence-corrected chi connectivity index (χ2v) is 22.3. The fourth-order valence-corrected chi connectivity index (χ4v) is 11.1. The molecule has 11 rings (SSSR count). The van der Waals surface area contributed by atoms with Gasteiger partial charge in [0.25, 0.3) is 0 Å². The molecule has 0 spiro atoms. The Bertz CT molecular complexity index is 3260. The number of fused-ring (bicyclic) bond motifs is 6. The predicted octanol–water partition coefficient (Wildman–Crippen LogP) is 18.1. The molecule has 0 radical (unpaired) electrons. The number of hydrogen-bond acceptors (Lipinski definition) is 3. The lowest BCUT2D eigenvalue weighted by Gasteiger charge is -2.50. The molecule has 0 amide bonds. The molecule has 0 atom stereocenters. The van der Waals surface area contributed by atoms with Crippen LogP contribution in [-0.4, -0.2) is 0 Å². The van der Waals surface area contributed by atoms with Gasteiger partial charge in [-0.15, -0.1) is 0 Å². The minimum atomic E-state index is -0.379. The summed E-state index contributed by atoms with van der Waals surface area (Å²) in [5, 5.41) is 2.46. The number of aryl methyl sites for hydroxylation is 1. The fraction of sp³-hybridized carbons (Fsp3) is 0.250. The van der Waals surface area contributed by atoms with Crippen LogP contribution in [0, 0.1) is 0 Å². The Labute approximate surface area is 399 Å². The van der Waals surface area contributed by atoms with Gasteiger partial charge in [0, 0.05) is 45.0 Å². The van der Waals surface area contributed by atoms with Gasteiger partial charge in [-0.2, -0.15) is 0 Å². The van der Waals surface area contributed by atoms with Crippen LogP contribution in [0.15, 0.2) is 170 Å². The van der Waals surface area contributed by atoms with Gasteiger partial charge in [-0.1, -0.05) is 160 Å². The van der Waals surface area contributed by atoms with E-state index in [-0.39, 0.29) is 21.7 Å².